The van der Waals surface area contributed by atoms with Crippen LogP contribution in [0.25, 0.3) is 0 Å². The molecule has 0 saturated carbocycles. The molecule has 0 aliphatic carbocycles. The molecule has 2 saturated heterocycles. The van der Waals surface area contributed by atoms with Gasteiger partial charge >= 0.3 is 0 Å². The summed E-state index contributed by atoms with van der Waals surface area (Å²) in [5.74, 6) is 0. The Morgan fingerprint density at radius 3 is 2.59 bits per heavy atom. The first-order chi connectivity index (χ1) is 8.07. The number of nitrogens with one attached hydrogen (secondary N) is 1. The summed E-state index contributed by atoms with van der Waals surface area (Å²) in [5.41, 5.74) is 0.497. The fourth-order valence-electron chi connectivity index (χ4n) is 2.91. The summed E-state index contributed by atoms with van der Waals surface area (Å²) in [5, 5.41) is 3.63. The molecule has 0 aromatic carbocycles. The zero-order chi connectivity index (χ0) is 12.3. The van der Waals surface area contributed by atoms with Gasteiger partial charge in [-0.2, -0.15) is 0 Å². The molecule has 3 nitrogen and oxygen atoms in total. The normalized spacial score (nSPS) is 34.1. The Kier molecular flexibility index (Phi) is 4.45. The highest BCUT2D eigenvalue weighted by molar-refractivity contribution is 4.84. The Hall–Kier alpha value is -0.120. The molecule has 2 heterocycles. The quantitative estimate of drug-likeness (QED) is 0.812. The van der Waals surface area contributed by atoms with Crippen LogP contribution in [0.1, 0.15) is 39.5 Å². The molecule has 1 N–H and O–H groups in total. The van der Waals surface area contributed by atoms with Crippen LogP contribution in [0, 0.1) is 5.41 Å². The summed E-state index contributed by atoms with van der Waals surface area (Å²) < 4.78 is 5.83. The number of hydrogen-bond acceptors (Lipinski definition) is 3. The van der Waals surface area contributed by atoms with Crippen molar-refractivity contribution >= 4 is 0 Å². The van der Waals surface area contributed by atoms with Crippen molar-refractivity contribution in [2.24, 2.45) is 5.41 Å². The van der Waals surface area contributed by atoms with Crippen LogP contribution in [0.15, 0.2) is 0 Å². The first kappa shape index (κ1) is 13.3. The van der Waals surface area contributed by atoms with Crippen molar-refractivity contribution in [2.45, 2.75) is 51.7 Å². The van der Waals surface area contributed by atoms with Crippen LogP contribution in [0.4, 0.5) is 0 Å². The van der Waals surface area contributed by atoms with E-state index in [1.807, 2.05) is 0 Å². The Labute approximate surface area is 106 Å². The van der Waals surface area contributed by atoms with Gasteiger partial charge in [-0.1, -0.05) is 6.92 Å². The third kappa shape index (κ3) is 3.94. The largest absolute Gasteiger partial charge is 0.374 e. The molecule has 0 aromatic heterocycles. The van der Waals surface area contributed by atoms with Crippen molar-refractivity contribution in [3.63, 3.8) is 0 Å². The minimum Gasteiger partial charge on any atom is -0.374 e. The molecule has 2 aliphatic rings. The monoisotopic (exact) mass is 240 g/mol. The van der Waals surface area contributed by atoms with Crippen LogP contribution < -0.4 is 5.32 Å². The van der Waals surface area contributed by atoms with Gasteiger partial charge in [0.1, 0.15) is 0 Å². The smallest absolute Gasteiger partial charge is 0.0704 e. The highest BCUT2D eigenvalue weighted by atomic mass is 16.5. The molecule has 0 bridgehead atoms. The fourth-order valence-corrected chi connectivity index (χ4v) is 2.91. The minimum atomic E-state index is 0.458. The van der Waals surface area contributed by atoms with Gasteiger partial charge in [0.05, 0.1) is 12.2 Å². The van der Waals surface area contributed by atoms with E-state index in [1.165, 1.54) is 38.8 Å². The SMILES string of the molecule is CC1CCC(CNCC2(C)CCN(C)CC2)O1. The van der Waals surface area contributed by atoms with E-state index in [0.29, 0.717) is 17.6 Å². The fraction of sp³-hybridized carbons (Fsp3) is 1.00. The standard InChI is InChI=1S/C14H28N2O/c1-12-4-5-13(17-12)10-15-11-14(2)6-8-16(3)9-7-14/h12-13,15H,4-11H2,1-3H3. The Morgan fingerprint density at radius 2 is 2.00 bits per heavy atom. The first-order valence-corrected chi connectivity index (χ1v) is 7.12. The van der Waals surface area contributed by atoms with Crippen LogP contribution in [0.2, 0.25) is 0 Å². The zero-order valence-corrected chi connectivity index (χ0v) is 11.7. The van der Waals surface area contributed by atoms with Crippen molar-refractivity contribution in [3.8, 4) is 0 Å². The van der Waals surface area contributed by atoms with E-state index in [0.717, 1.165) is 13.1 Å². The molecule has 17 heavy (non-hydrogen) atoms. The summed E-state index contributed by atoms with van der Waals surface area (Å²) in [4.78, 5) is 2.43. The van der Waals surface area contributed by atoms with Crippen LogP contribution in [0.3, 0.4) is 0 Å². The van der Waals surface area contributed by atoms with E-state index in [1.54, 1.807) is 0 Å². The lowest BCUT2D eigenvalue weighted by atomic mass is 9.80. The molecule has 3 heteroatoms. The van der Waals surface area contributed by atoms with Crippen LogP contribution >= 0.6 is 0 Å². The van der Waals surface area contributed by atoms with Crippen LogP contribution in [-0.2, 0) is 4.74 Å². The van der Waals surface area contributed by atoms with E-state index in [4.69, 9.17) is 4.74 Å². The summed E-state index contributed by atoms with van der Waals surface area (Å²) in [6.45, 7) is 9.28. The summed E-state index contributed by atoms with van der Waals surface area (Å²) in [7, 11) is 2.22. The molecule has 2 aliphatic heterocycles. The number of likely N-dealkylation sites (tertiary alicyclic amines) is 1. The molecule has 2 atom stereocenters. The minimum absolute atomic E-state index is 0.458. The summed E-state index contributed by atoms with van der Waals surface area (Å²) in [6.07, 6.45) is 6.03. The maximum Gasteiger partial charge on any atom is 0.0704 e. The van der Waals surface area contributed by atoms with Crippen molar-refractivity contribution < 1.29 is 4.74 Å². The first-order valence-electron chi connectivity index (χ1n) is 7.12. The van der Waals surface area contributed by atoms with Gasteiger partial charge in [-0.05, 0) is 58.2 Å². The molecule has 0 radical (unpaired) electrons. The predicted octanol–water partition coefficient (Wildman–Crippen LogP) is 1.88. The summed E-state index contributed by atoms with van der Waals surface area (Å²) in [6, 6.07) is 0. The van der Waals surface area contributed by atoms with Crippen molar-refractivity contribution in [1.82, 2.24) is 10.2 Å². The second kappa shape index (κ2) is 5.68. The molecular formula is C14H28N2O. The average molecular weight is 240 g/mol. The number of hydrogen-bond donors (Lipinski definition) is 1. The van der Waals surface area contributed by atoms with Crippen LogP contribution in [0.5, 0.6) is 0 Å². The second-order valence-corrected chi connectivity index (χ2v) is 6.39. The lowest BCUT2D eigenvalue weighted by Gasteiger charge is -2.38. The predicted molar refractivity (Wildman–Crippen MR) is 71.3 cm³/mol. The van der Waals surface area contributed by atoms with Gasteiger partial charge in [-0.25, -0.2) is 0 Å². The van der Waals surface area contributed by atoms with E-state index in [2.05, 4.69) is 31.1 Å². The molecule has 2 rings (SSSR count). The van der Waals surface area contributed by atoms with E-state index >= 15 is 0 Å². The molecule has 0 spiro atoms. The number of rotatable bonds is 4. The number of piperidine rings is 1. The molecule has 0 aromatic rings. The zero-order valence-electron chi connectivity index (χ0n) is 11.7. The molecule has 2 fully saturated rings. The van der Waals surface area contributed by atoms with E-state index < -0.39 is 0 Å². The average Bonchev–Trinajstić information content (AvgIpc) is 2.69. The molecule has 2 unspecified atom stereocenters. The van der Waals surface area contributed by atoms with Gasteiger partial charge in [0.2, 0.25) is 0 Å². The van der Waals surface area contributed by atoms with E-state index in [9.17, 15) is 0 Å². The lowest BCUT2D eigenvalue weighted by molar-refractivity contribution is 0.0521. The van der Waals surface area contributed by atoms with Gasteiger partial charge in [0, 0.05) is 13.1 Å². The maximum absolute atomic E-state index is 5.83. The Balaban J connectivity index is 1.64. The molecule has 100 valence electrons. The summed E-state index contributed by atoms with van der Waals surface area (Å²) >= 11 is 0. The molecular weight excluding hydrogens is 212 g/mol. The number of nitrogens with zero attached hydrogens (tertiary/aromatic N) is 1. The van der Waals surface area contributed by atoms with Gasteiger partial charge < -0.3 is 15.0 Å². The number of ether oxygens (including phenoxy) is 1. The van der Waals surface area contributed by atoms with Gasteiger partial charge in [0.15, 0.2) is 0 Å². The van der Waals surface area contributed by atoms with Crippen molar-refractivity contribution in [1.29, 1.82) is 0 Å². The van der Waals surface area contributed by atoms with Gasteiger partial charge in [0.25, 0.3) is 0 Å². The third-order valence-corrected chi connectivity index (χ3v) is 4.44. The lowest BCUT2D eigenvalue weighted by Crippen LogP contribution is -2.43. The highest BCUT2D eigenvalue weighted by Gasteiger charge is 2.29. The van der Waals surface area contributed by atoms with Gasteiger partial charge in [-0.15, -0.1) is 0 Å². The molecule has 0 amide bonds. The third-order valence-electron chi connectivity index (χ3n) is 4.44. The van der Waals surface area contributed by atoms with Gasteiger partial charge in [-0.3, -0.25) is 0 Å². The topological polar surface area (TPSA) is 24.5 Å². The highest BCUT2D eigenvalue weighted by Crippen LogP contribution is 2.29. The second-order valence-electron chi connectivity index (χ2n) is 6.39. The Bertz CT molecular complexity index is 236. The van der Waals surface area contributed by atoms with Crippen molar-refractivity contribution in [2.75, 3.05) is 33.2 Å². The Morgan fingerprint density at radius 1 is 1.29 bits per heavy atom. The van der Waals surface area contributed by atoms with Crippen LogP contribution in [-0.4, -0.2) is 50.3 Å². The van der Waals surface area contributed by atoms with E-state index in [-0.39, 0.29) is 0 Å². The van der Waals surface area contributed by atoms with Crippen molar-refractivity contribution in [3.05, 3.63) is 0 Å². The maximum atomic E-state index is 5.83.